The first-order valence-corrected chi connectivity index (χ1v) is 8.71. The predicted octanol–water partition coefficient (Wildman–Crippen LogP) is 2.74. The summed E-state index contributed by atoms with van der Waals surface area (Å²) in [5.41, 5.74) is 1.11. The van der Waals surface area contributed by atoms with Crippen molar-refractivity contribution >= 4 is 23.1 Å². The molecule has 0 aliphatic rings. The van der Waals surface area contributed by atoms with Gasteiger partial charge in [-0.25, -0.2) is 4.68 Å². The van der Waals surface area contributed by atoms with Crippen LogP contribution in [0, 0.1) is 6.92 Å². The Hall–Kier alpha value is -2.00. The number of rotatable bonds is 6. The lowest BCUT2D eigenvalue weighted by atomic mass is 10.2. The molecule has 2 heterocycles. The maximum absolute atomic E-state index is 5.17. The Labute approximate surface area is 142 Å². The van der Waals surface area contributed by atoms with Gasteiger partial charge >= 0.3 is 0 Å². The minimum atomic E-state index is 0.154. The first-order valence-electron chi connectivity index (χ1n) is 7.01. The molecule has 0 fully saturated rings. The van der Waals surface area contributed by atoms with Crippen LogP contribution in [0.3, 0.4) is 0 Å². The number of hydrogen-bond donors (Lipinski definition) is 0. The summed E-state index contributed by atoms with van der Waals surface area (Å²) in [6.45, 7) is 4.64. The Morgan fingerprint density at radius 1 is 1.22 bits per heavy atom. The van der Waals surface area contributed by atoms with Crippen molar-refractivity contribution in [3.05, 3.63) is 39.8 Å². The molecule has 23 heavy (non-hydrogen) atoms. The second-order valence-corrected chi connectivity index (χ2v) is 7.41. The zero-order valence-electron chi connectivity index (χ0n) is 13.0. The lowest BCUT2D eigenvalue weighted by Gasteiger charge is -2.08. The molecule has 0 aliphatic heterocycles. The van der Waals surface area contributed by atoms with Gasteiger partial charge in [0, 0.05) is 0 Å². The fourth-order valence-electron chi connectivity index (χ4n) is 1.97. The lowest BCUT2D eigenvalue weighted by Crippen LogP contribution is -2.04. The maximum atomic E-state index is 5.17. The summed E-state index contributed by atoms with van der Waals surface area (Å²) in [6.07, 6.45) is 0. The second-order valence-electron chi connectivity index (χ2n) is 4.89. The van der Waals surface area contributed by atoms with Gasteiger partial charge in [-0.3, -0.25) is 0 Å². The number of thioether (sulfide) groups is 1. The number of aromatic nitrogens is 6. The number of methoxy groups -OCH3 is 1. The Morgan fingerprint density at radius 3 is 2.65 bits per heavy atom. The summed E-state index contributed by atoms with van der Waals surface area (Å²) in [5.74, 6) is 0.834. The molecule has 1 aromatic carbocycles. The van der Waals surface area contributed by atoms with E-state index in [0.717, 1.165) is 26.5 Å². The molecule has 0 N–H and O–H groups in total. The average Bonchev–Trinajstić information content (AvgIpc) is 3.17. The third-order valence-corrected chi connectivity index (χ3v) is 5.41. The highest BCUT2D eigenvalue weighted by Crippen LogP contribution is 2.34. The summed E-state index contributed by atoms with van der Waals surface area (Å²) in [6, 6.07) is 7.87. The van der Waals surface area contributed by atoms with E-state index in [1.807, 2.05) is 31.2 Å². The van der Waals surface area contributed by atoms with Gasteiger partial charge in [-0.05, 0) is 42.0 Å². The van der Waals surface area contributed by atoms with Gasteiger partial charge in [0.2, 0.25) is 5.16 Å². The highest BCUT2D eigenvalue weighted by molar-refractivity contribution is 7.99. The number of benzene rings is 1. The SMILES string of the molecule is COc1ccc(Cn2nnnc2S[C@@H](C)c2nnc(C)s2)cc1. The Balaban J connectivity index is 1.71. The molecule has 2 aromatic heterocycles. The summed E-state index contributed by atoms with van der Waals surface area (Å²) >= 11 is 3.18. The Bertz CT molecular complexity index is 770. The van der Waals surface area contributed by atoms with E-state index < -0.39 is 0 Å². The zero-order chi connectivity index (χ0) is 16.2. The second kappa shape index (κ2) is 7.05. The van der Waals surface area contributed by atoms with Gasteiger partial charge in [-0.15, -0.1) is 26.6 Å². The van der Waals surface area contributed by atoms with Crippen molar-refractivity contribution in [2.45, 2.75) is 30.8 Å². The van der Waals surface area contributed by atoms with Crippen LogP contribution in [-0.2, 0) is 6.54 Å². The standard InChI is InChI=1S/C14H16N6OS2/c1-9(13-16-15-10(2)23-13)22-14-17-18-19-20(14)8-11-4-6-12(21-3)7-5-11/h4-7,9H,8H2,1-3H3/t9-/m0/s1. The number of nitrogens with zero attached hydrogens (tertiary/aromatic N) is 6. The van der Waals surface area contributed by atoms with Crippen molar-refractivity contribution in [3.63, 3.8) is 0 Å². The van der Waals surface area contributed by atoms with Crippen LogP contribution in [0.2, 0.25) is 0 Å². The summed E-state index contributed by atoms with van der Waals surface area (Å²) in [4.78, 5) is 0. The van der Waals surface area contributed by atoms with Crippen LogP contribution in [0.15, 0.2) is 29.4 Å². The molecule has 0 aliphatic carbocycles. The fourth-order valence-corrected chi connectivity index (χ4v) is 3.66. The number of hydrogen-bond acceptors (Lipinski definition) is 8. The zero-order valence-corrected chi connectivity index (χ0v) is 14.6. The van der Waals surface area contributed by atoms with E-state index in [0.29, 0.717) is 6.54 Å². The monoisotopic (exact) mass is 348 g/mol. The molecule has 0 amide bonds. The third kappa shape index (κ3) is 3.85. The van der Waals surface area contributed by atoms with Crippen molar-refractivity contribution in [1.82, 2.24) is 30.4 Å². The van der Waals surface area contributed by atoms with E-state index in [1.54, 1.807) is 34.9 Å². The summed E-state index contributed by atoms with van der Waals surface area (Å²) in [7, 11) is 1.65. The van der Waals surface area contributed by atoms with Crippen LogP contribution < -0.4 is 4.74 Å². The molecule has 7 nitrogen and oxygen atoms in total. The molecule has 0 unspecified atom stereocenters. The molecule has 0 spiro atoms. The van der Waals surface area contributed by atoms with Crippen molar-refractivity contribution in [1.29, 1.82) is 0 Å². The molecule has 0 radical (unpaired) electrons. The van der Waals surface area contributed by atoms with Gasteiger partial charge in [-0.2, -0.15) is 0 Å². The van der Waals surface area contributed by atoms with E-state index in [1.165, 1.54) is 0 Å². The van der Waals surface area contributed by atoms with Gasteiger partial charge < -0.3 is 4.74 Å². The summed E-state index contributed by atoms with van der Waals surface area (Å²) in [5, 5.41) is 23.1. The molecule has 1 atom stereocenters. The van der Waals surface area contributed by atoms with E-state index in [9.17, 15) is 0 Å². The van der Waals surface area contributed by atoms with Crippen molar-refractivity contribution < 1.29 is 4.74 Å². The molecule has 9 heteroatoms. The van der Waals surface area contributed by atoms with Crippen LogP contribution in [0.1, 0.15) is 27.8 Å². The highest BCUT2D eigenvalue weighted by Gasteiger charge is 2.17. The fraction of sp³-hybridized carbons (Fsp3) is 0.357. The molecule has 0 saturated carbocycles. The summed E-state index contributed by atoms with van der Waals surface area (Å²) < 4.78 is 6.96. The average molecular weight is 348 g/mol. The smallest absolute Gasteiger partial charge is 0.210 e. The lowest BCUT2D eigenvalue weighted by molar-refractivity contribution is 0.414. The minimum Gasteiger partial charge on any atom is -0.497 e. The molecule has 3 rings (SSSR count). The quantitative estimate of drug-likeness (QED) is 0.634. The van der Waals surface area contributed by atoms with Crippen molar-refractivity contribution in [2.24, 2.45) is 0 Å². The molecule has 120 valence electrons. The normalized spacial score (nSPS) is 12.3. The topological polar surface area (TPSA) is 78.6 Å². The molecular formula is C14H16N6OS2. The maximum Gasteiger partial charge on any atom is 0.210 e. The van der Waals surface area contributed by atoms with Crippen LogP contribution >= 0.6 is 23.1 Å². The van der Waals surface area contributed by atoms with E-state index in [4.69, 9.17) is 4.74 Å². The van der Waals surface area contributed by atoms with Gasteiger partial charge in [0.05, 0.1) is 18.9 Å². The Kier molecular flexibility index (Phi) is 4.87. The minimum absolute atomic E-state index is 0.154. The van der Waals surface area contributed by atoms with Crippen molar-refractivity contribution in [2.75, 3.05) is 7.11 Å². The van der Waals surface area contributed by atoms with E-state index >= 15 is 0 Å². The van der Waals surface area contributed by atoms with Crippen LogP contribution in [-0.4, -0.2) is 37.5 Å². The van der Waals surface area contributed by atoms with E-state index in [2.05, 4.69) is 32.6 Å². The predicted molar refractivity (Wildman–Crippen MR) is 88.8 cm³/mol. The molecule has 0 bridgehead atoms. The molecular weight excluding hydrogens is 332 g/mol. The van der Waals surface area contributed by atoms with Gasteiger partial charge in [0.15, 0.2) is 0 Å². The Morgan fingerprint density at radius 2 is 2.00 bits per heavy atom. The van der Waals surface area contributed by atoms with Crippen molar-refractivity contribution in [3.8, 4) is 5.75 Å². The van der Waals surface area contributed by atoms with Crippen LogP contribution in [0.5, 0.6) is 5.75 Å². The largest absolute Gasteiger partial charge is 0.497 e. The highest BCUT2D eigenvalue weighted by atomic mass is 32.2. The van der Waals surface area contributed by atoms with Gasteiger partial charge in [-0.1, -0.05) is 23.9 Å². The first-order chi connectivity index (χ1) is 11.2. The number of tetrazole rings is 1. The third-order valence-electron chi connectivity index (χ3n) is 3.16. The number of aryl methyl sites for hydroxylation is 1. The molecule has 0 saturated heterocycles. The first kappa shape index (κ1) is 15.9. The van der Waals surface area contributed by atoms with Gasteiger partial charge in [0.1, 0.15) is 15.8 Å². The van der Waals surface area contributed by atoms with Crippen LogP contribution in [0.4, 0.5) is 0 Å². The van der Waals surface area contributed by atoms with Gasteiger partial charge in [0.25, 0.3) is 0 Å². The van der Waals surface area contributed by atoms with E-state index in [-0.39, 0.29) is 5.25 Å². The number of ether oxygens (including phenoxy) is 1. The van der Waals surface area contributed by atoms with Crippen LogP contribution in [0.25, 0.3) is 0 Å². The molecule has 3 aromatic rings.